The average molecular weight is 637 g/mol. The van der Waals surface area contributed by atoms with Gasteiger partial charge in [0, 0.05) is 18.4 Å². The fraction of sp³-hybridized carbons (Fsp3) is 0.950. The van der Waals surface area contributed by atoms with Gasteiger partial charge in [0.2, 0.25) is 11.8 Å². The van der Waals surface area contributed by atoms with E-state index in [2.05, 4.69) is 19.2 Å². The third-order valence-corrected chi connectivity index (χ3v) is 9.86. The van der Waals surface area contributed by atoms with Crippen LogP contribution in [0, 0.1) is 11.8 Å². The van der Waals surface area contributed by atoms with Crippen LogP contribution in [0.15, 0.2) is 0 Å². The average Bonchev–Trinajstić information content (AvgIpc) is 3.03. The quantitative estimate of drug-likeness (QED) is 0.0592. The number of amides is 2. The van der Waals surface area contributed by atoms with E-state index < -0.39 is 0 Å². The molecule has 0 saturated heterocycles. The Bertz CT molecular complexity index is 627. The second-order valence-electron chi connectivity index (χ2n) is 14.2. The zero-order valence-electron chi connectivity index (χ0n) is 30.5. The second kappa shape index (κ2) is 35.7. The van der Waals surface area contributed by atoms with Crippen LogP contribution in [0.1, 0.15) is 219 Å². The van der Waals surface area contributed by atoms with Crippen molar-refractivity contribution < 1.29 is 14.7 Å². The van der Waals surface area contributed by atoms with Crippen LogP contribution in [0.4, 0.5) is 0 Å². The van der Waals surface area contributed by atoms with E-state index in [-0.39, 0.29) is 30.3 Å². The highest BCUT2D eigenvalue weighted by molar-refractivity contribution is 5.79. The monoisotopic (exact) mass is 637 g/mol. The highest BCUT2D eigenvalue weighted by Crippen LogP contribution is 2.24. The van der Waals surface area contributed by atoms with Crippen LogP contribution in [0.3, 0.4) is 0 Å². The molecule has 2 amide bonds. The van der Waals surface area contributed by atoms with E-state index in [1.807, 2.05) is 0 Å². The summed E-state index contributed by atoms with van der Waals surface area (Å²) in [5.74, 6) is -0.409. The van der Waals surface area contributed by atoms with Gasteiger partial charge >= 0.3 is 0 Å². The number of hydrogen-bond acceptors (Lipinski definition) is 3. The maximum Gasteiger partial charge on any atom is 0.223 e. The molecule has 5 heteroatoms. The summed E-state index contributed by atoms with van der Waals surface area (Å²) in [6, 6.07) is 0. The van der Waals surface area contributed by atoms with Gasteiger partial charge in [0.05, 0.1) is 6.61 Å². The van der Waals surface area contributed by atoms with Crippen molar-refractivity contribution in [3.05, 3.63) is 0 Å². The first kappa shape index (κ1) is 43.9. The first-order chi connectivity index (χ1) is 22.1. The van der Waals surface area contributed by atoms with Crippen LogP contribution in [0.25, 0.3) is 0 Å². The Morgan fingerprint density at radius 3 is 1.07 bits per heavy atom. The lowest BCUT2D eigenvalue weighted by atomic mass is 9.88. The Morgan fingerprint density at radius 1 is 0.467 bits per heavy atom. The van der Waals surface area contributed by atoms with Gasteiger partial charge in [-0.1, -0.05) is 194 Å². The molecule has 5 nitrogen and oxygen atoms in total. The molecule has 0 rings (SSSR count). The summed E-state index contributed by atoms with van der Waals surface area (Å²) in [4.78, 5) is 25.0. The molecule has 0 fully saturated rings. The van der Waals surface area contributed by atoms with Crippen molar-refractivity contribution in [1.82, 2.24) is 5.32 Å². The van der Waals surface area contributed by atoms with Gasteiger partial charge in [-0.25, -0.2) is 0 Å². The summed E-state index contributed by atoms with van der Waals surface area (Å²) in [5.41, 5.74) is 5.79. The van der Waals surface area contributed by atoms with E-state index in [1.54, 1.807) is 0 Å². The Labute approximate surface area is 281 Å². The lowest BCUT2D eigenvalue weighted by molar-refractivity contribution is -0.127. The van der Waals surface area contributed by atoms with E-state index in [9.17, 15) is 14.7 Å². The van der Waals surface area contributed by atoms with E-state index >= 15 is 0 Å². The number of rotatable bonds is 37. The predicted molar refractivity (Wildman–Crippen MR) is 195 cm³/mol. The molecule has 0 bridgehead atoms. The van der Waals surface area contributed by atoms with Gasteiger partial charge in [-0.2, -0.15) is 0 Å². The number of hydrogen-bond donors (Lipinski definition) is 3. The van der Waals surface area contributed by atoms with Crippen molar-refractivity contribution in [2.24, 2.45) is 17.6 Å². The van der Waals surface area contributed by atoms with Crippen molar-refractivity contribution in [3.63, 3.8) is 0 Å². The molecule has 0 aromatic heterocycles. The summed E-state index contributed by atoms with van der Waals surface area (Å²) in [6.45, 7) is 4.81. The third kappa shape index (κ3) is 31.3. The third-order valence-electron chi connectivity index (χ3n) is 9.86. The summed E-state index contributed by atoms with van der Waals surface area (Å²) >= 11 is 0. The fourth-order valence-electron chi connectivity index (χ4n) is 6.73. The Balaban J connectivity index is 4.05. The van der Waals surface area contributed by atoms with Crippen LogP contribution in [0.5, 0.6) is 0 Å². The molecule has 0 radical (unpaired) electrons. The standard InChI is InChI=1S/C40H80N2O3/c1-3-5-7-9-11-13-15-17-19-21-23-25-27-29-31-37(39(41)44)33-34-38(40(45)42-35-36-43)32-30-28-26-24-22-20-18-16-14-12-10-8-6-4-2/h37-38,43H,3-36H2,1-2H3,(H2,41,44)(H,42,45). The molecule has 0 aliphatic rings. The predicted octanol–water partition coefficient (Wildman–Crippen LogP) is 11.3. The van der Waals surface area contributed by atoms with Gasteiger partial charge < -0.3 is 16.2 Å². The van der Waals surface area contributed by atoms with E-state index in [0.29, 0.717) is 19.4 Å². The van der Waals surface area contributed by atoms with Crippen LogP contribution >= 0.6 is 0 Å². The van der Waals surface area contributed by atoms with Crippen LogP contribution in [0.2, 0.25) is 0 Å². The number of unbranched alkanes of at least 4 members (excludes halogenated alkanes) is 26. The van der Waals surface area contributed by atoms with Crippen molar-refractivity contribution in [2.75, 3.05) is 13.2 Å². The molecule has 45 heavy (non-hydrogen) atoms. The van der Waals surface area contributed by atoms with Gasteiger partial charge in [0.1, 0.15) is 0 Å². The van der Waals surface area contributed by atoms with Gasteiger partial charge in [-0.3, -0.25) is 9.59 Å². The van der Waals surface area contributed by atoms with E-state index in [1.165, 1.54) is 167 Å². The number of primary amides is 1. The minimum Gasteiger partial charge on any atom is -0.395 e. The molecule has 0 aliphatic heterocycles. The lowest BCUT2D eigenvalue weighted by Crippen LogP contribution is -2.33. The zero-order valence-corrected chi connectivity index (χ0v) is 30.5. The number of aliphatic hydroxyl groups excluding tert-OH is 1. The Hall–Kier alpha value is -1.10. The molecule has 4 N–H and O–H groups in total. The second-order valence-corrected chi connectivity index (χ2v) is 14.2. The maximum atomic E-state index is 12.8. The number of nitrogens with two attached hydrogens (primary N) is 1. The smallest absolute Gasteiger partial charge is 0.223 e. The van der Waals surface area contributed by atoms with Gasteiger partial charge in [0.25, 0.3) is 0 Å². The van der Waals surface area contributed by atoms with Crippen molar-refractivity contribution in [3.8, 4) is 0 Å². The van der Waals surface area contributed by atoms with Gasteiger partial charge in [-0.15, -0.1) is 0 Å². The van der Waals surface area contributed by atoms with Gasteiger partial charge in [-0.05, 0) is 25.7 Å². The number of aliphatic hydroxyl groups is 1. The molecular weight excluding hydrogens is 556 g/mol. The minimum atomic E-state index is -0.212. The summed E-state index contributed by atoms with van der Waals surface area (Å²) < 4.78 is 0. The molecule has 0 heterocycles. The minimum absolute atomic E-state index is 0.0263. The molecule has 0 spiro atoms. The maximum absolute atomic E-state index is 12.8. The zero-order chi connectivity index (χ0) is 33.1. The first-order valence-corrected chi connectivity index (χ1v) is 20.2. The highest BCUT2D eigenvalue weighted by Gasteiger charge is 2.22. The molecule has 268 valence electrons. The topological polar surface area (TPSA) is 92.4 Å². The molecule has 0 saturated carbocycles. The van der Waals surface area contributed by atoms with Crippen molar-refractivity contribution in [2.45, 2.75) is 219 Å². The number of carbonyl (C=O) groups is 2. The summed E-state index contributed by atoms with van der Waals surface area (Å²) in [6.07, 6.45) is 40.2. The SMILES string of the molecule is CCCCCCCCCCCCCCCCC(CCC(CCCCCCCCCCCCCCCC)C(=O)NCCO)C(N)=O. The summed E-state index contributed by atoms with van der Waals surface area (Å²) in [7, 11) is 0. The molecule has 0 aliphatic carbocycles. The molecular formula is C40H80N2O3. The first-order valence-electron chi connectivity index (χ1n) is 20.2. The Kier molecular flexibility index (Phi) is 34.9. The normalized spacial score (nSPS) is 12.8. The Morgan fingerprint density at radius 2 is 0.756 bits per heavy atom. The van der Waals surface area contributed by atoms with Gasteiger partial charge in [0.15, 0.2) is 0 Å². The molecule has 0 aromatic rings. The molecule has 2 atom stereocenters. The summed E-state index contributed by atoms with van der Waals surface area (Å²) in [5, 5.41) is 12.1. The van der Waals surface area contributed by atoms with E-state index in [0.717, 1.165) is 25.7 Å². The van der Waals surface area contributed by atoms with Crippen LogP contribution in [-0.2, 0) is 9.59 Å². The lowest BCUT2D eigenvalue weighted by Gasteiger charge is -2.20. The van der Waals surface area contributed by atoms with Crippen LogP contribution < -0.4 is 11.1 Å². The largest absolute Gasteiger partial charge is 0.395 e. The molecule has 2 unspecified atom stereocenters. The van der Waals surface area contributed by atoms with E-state index in [4.69, 9.17) is 5.73 Å². The number of nitrogens with one attached hydrogen (secondary N) is 1. The number of carbonyl (C=O) groups excluding carboxylic acids is 2. The van der Waals surface area contributed by atoms with Crippen molar-refractivity contribution >= 4 is 11.8 Å². The highest BCUT2D eigenvalue weighted by atomic mass is 16.3. The van der Waals surface area contributed by atoms with Crippen LogP contribution in [-0.4, -0.2) is 30.1 Å². The fourth-order valence-corrected chi connectivity index (χ4v) is 6.73. The molecule has 0 aromatic carbocycles. The van der Waals surface area contributed by atoms with Crippen molar-refractivity contribution in [1.29, 1.82) is 0 Å².